The first-order valence-corrected chi connectivity index (χ1v) is 6.69. The summed E-state index contributed by atoms with van der Waals surface area (Å²) < 4.78 is 10.7. The summed E-state index contributed by atoms with van der Waals surface area (Å²) in [7, 11) is 0. The second-order valence-electron chi connectivity index (χ2n) is 4.86. The number of carbonyl (C=O) groups excluding carboxylic acids is 1. The number of nitrogens with one attached hydrogen (secondary N) is 1. The van der Waals surface area contributed by atoms with E-state index in [-0.39, 0.29) is 18.2 Å². The Bertz CT molecular complexity index is 458. The molecule has 1 aromatic heterocycles. The Labute approximate surface area is 113 Å². The molecule has 1 aromatic rings. The summed E-state index contributed by atoms with van der Waals surface area (Å²) >= 11 is 0. The van der Waals surface area contributed by atoms with Crippen molar-refractivity contribution in [1.82, 2.24) is 10.1 Å². The number of urea groups is 1. The highest BCUT2D eigenvalue weighted by Crippen LogP contribution is 2.22. The van der Waals surface area contributed by atoms with E-state index >= 15 is 0 Å². The minimum Gasteiger partial charge on any atom is -0.375 e. The maximum absolute atomic E-state index is 12.3. The molecule has 0 bridgehead atoms. The molecule has 0 spiro atoms. The number of rotatable bonds is 2. The van der Waals surface area contributed by atoms with Gasteiger partial charge in [-0.25, -0.2) is 4.79 Å². The van der Waals surface area contributed by atoms with Crippen LogP contribution in [0.5, 0.6) is 0 Å². The minimum atomic E-state index is -0.122. The van der Waals surface area contributed by atoms with Crippen LogP contribution in [0.25, 0.3) is 0 Å². The number of anilines is 1. The van der Waals surface area contributed by atoms with Crippen LogP contribution in [0.2, 0.25) is 0 Å². The molecule has 1 saturated heterocycles. The number of aryl methyl sites for hydroxylation is 2. The van der Waals surface area contributed by atoms with Crippen molar-refractivity contribution in [3.05, 3.63) is 11.5 Å². The number of morpholine rings is 1. The lowest BCUT2D eigenvalue weighted by molar-refractivity contribution is -0.0355. The molecule has 1 fully saturated rings. The molecular formula is C13H21N3O3. The monoisotopic (exact) mass is 267 g/mol. The fraction of sp³-hybridized carbons (Fsp3) is 0.692. The molecule has 2 atom stereocenters. The van der Waals surface area contributed by atoms with Gasteiger partial charge in [-0.05, 0) is 20.8 Å². The van der Waals surface area contributed by atoms with Crippen molar-refractivity contribution in [2.45, 2.75) is 46.3 Å². The molecular weight excluding hydrogens is 246 g/mol. The van der Waals surface area contributed by atoms with Crippen LogP contribution >= 0.6 is 0 Å². The topological polar surface area (TPSA) is 67.6 Å². The first-order chi connectivity index (χ1) is 9.04. The lowest BCUT2D eigenvalue weighted by atomic mass is 10.1. The Morgan fingerprint density at radius 3 is 2.95 bits per heavy atom. The lowest BCUT2D eigenvalue weighted by Crippen LogP contribution is -2.52. The molecule has 2 heterocycles. The lowest BCUT2D eigenvalue weighted by Gasteiger charge is -2.37. The second-order valence-corrected chi connectivity index (χ2v) is 4.86. The number of nitrogens with zero attached hydrogens (tertiary/aromatic N) is 2. The van der Waals surface area contributed by atoms with Gasteiger partial charge in [0.25, 0.3) is 0 Å². The van der Waals surface area contributed by atoms with Gasteiger partial charge in [0, 0.05) is 13.0 Å². The van der Waals surface area contributed by atoms with E-state index in [0.717, 1.165) is 0 Å². The van der Waals surface area contributed by atoms with Crippen molar-refractivity contribution in [3.63, 3.8) is 0 Å². The van der Waals surface area contributed by atoms with Gasteiger partial charge in [0.05, 0.1) is 18.8 Å². The average molecular weight is 267 g/mol. The van der Waals surface area contributed by atoms with Crippen molar-refractivity contribution in [1.29, 1.82) is 0 Å². The molecule has 2 rings (SSSR count). The van der Waals surface area contributed by atoms with Crippen molar-refractivity contribution in [3.8, 4) is 0 Å². The molecule has 0 radical (unpaired) electrons. The quantitative estimate of drug-likeness (QED) is 0.891. The fourth-order valence-electron chi connectivity index (χ4n) is 2.22. The number of carbonyl (C=O) groups is 1. The zero-order valence-electron chi connectivity index (χ0n) is 11.9. The maximum atomic E-state index is 12.3. The van der Waals surface area contributed by atoms with Crippen molar-refractivity contribution in [2.75, 3.05) is 18.5 Å². The zero-order valence-corrected chi connectivity index (χ0v) is 11.9. The van der Waals surface area contributed by atoms with Gasteiger partial charge in [-0.15, -0.1) is 0 Å². The fourth-order valence-corrected chi connectivity index (χ4v) is 2.22. The van der Waals surface area contributed by atoms with E-state index in [2.05, 4.69) is 10.5 Å². The SMILES string of the molecule is CCc1onc(C)c1NC(=O)N1CCOC(C)C1C. The Morgan fingerprint density at radius 1 is 1.53 bits per heavy atom. The van der Waals surface area contributed by atoms with Gasteiger partial charge in [0.15, 0.2) is 5.76 Å². The molecule has 2 unspecified atom stereocenters. The predicted molar refractivity (Wildman–Crippen MR) is 71.2 cm³/mol. The first kappa shape index (κ1) is 13.9. The molecule has 6 heteroatoms. The largest absolute Gasteiger partial charge is 0.375 e. The third-order valence-electron chi connectivity index (χ3n) is 3.63. The van der Waals surface area contributed by atoms with E-state index in [1.165, 1.54) is 0 Å². The summed E-state index contributed by atoms with van der Waals surface area (Å²) in [5, 5.41) is 6.79. The van der Waals surface area contributed by atoms with Crippen LogP contribution in [0.3, 0.4) is 0 Å². The highest BCUT2D eigenvalue weighted by Gasteiger charge is 2.30. The maximum Gasteiger partial charge on any atom is 0.322 e. The van der Waals surface area contributed by atoms with Gasteiger partial charge in [0.1, 0.15) is 11.4 Å². The van der Waals surface area contributed by atoms with E-state index in [0.29, 0.717) is 36.7 Å². The smallest absolute Gasteiger partial charge is 0.322 e. The van der Waals surface area contributed by atoms with Crippen LogP contribution in [-0.2, 0) is 11.2 Å². The third kappa shape index (κ3) is 2.73. The summed E-state index contributed by atoms with van der Waals surface area (Å²) in [6, 6.07) is -0.0670. The summed E-state index contributed by atoms with van der Waals surface area (Å²) in [4.78, 5) is 14.1. The first-order valence-electron chi connectivity index (χ1n) is 6.69. The van der Waals surface area contributed by atoms with Crippen LogP contribution < -0.4 is 5.32 Å². The highest BCUT2D eigenvalue weighted by atomic mass is 16.5. The molecule has 106 valence electrons. The minimum absolute atomic E-state index is 0.0497. The van der Waals surface area contributed by atoms with Crippen molar-refractivity contribution >= 4 is 11.7 Å². The van der Waals surface area contributed by atoms with Crippen LogP contribution in [0, 0.1) is 6.92 Å². The predicted octanol–water partition coefficient (Wildman–Crippen LogP) is 2.19. The molecule has 2 amide bonds. The van der Waals surface area contributed by atoms with Gasteiger partial charge < -0.3 is 19.5 Å². The average Bonchev–Trinajstić information content (AvgIpc) is 2.74. The molecule has 0 aliphatic carbocycles. The number of ether oxygens (including phenoxy) is 1. The number of aromatic nitrogens is 1. The van der Waals surface area contributed by atoms with Crippen LogP contribution in [0.15, 0.2) is 4.52 Å². The molecule has 0 aromatic carbocycles. The molecule has 0 saturated carbocycles. The van der Waals surface area contributed by atoms with Crippen molar-refractivity contribution < 1.29 is 14.1 Å². The van der Waals surface area contributed by atoms with Gasteiger partial charge in [-0.2, -0.15) is 0 Å². The normalized spacial score (nSPS) is 23.5. The molecule has 1 N–H and O–H groups in total. The Balaban J connectivity index is 2.10. The molecule has 19 heavy (non-hydrogen) atoms. The van der Waals surface area contributed by atoms with Gasteiger partial charge in [-0.3, -0.25) is 0 Å². The van der Waals surface area contributed by atoms with Gasteiger partial charge in [0.2, 0.25) is 0 Å². The Hall–Kier alpha value is -1.56. The van der Waals surface area contributed by atoms with Gasteiger partial charge in [-0.1, -0.05) is 12.1 Å². The third-order valence-corrected chi connectivity index (χ3v) is 3.63. The summed E-state index contributed by atoms with van der Waals surface area (Å²) in [5.74, 6) is 0.708. The molecule has 1 aliphatic heterocycles. The highest BCUT2D eigenvalue weighted by molar-refractivity contribution is 5.90. The van der Waals surface area contributed by atoms with E-state index in [1.807, 2.05) is 27.7 Å². The molecule has 6 nitrogen and oxygen atoms in total. The number of amides is 2. The van der Waals surface area contributed by atoms with Crippen LogP contribution in [0.4, 0.5) is 10.5 Å². The van der Waals surface area contributed by atoms with Crippen LogP contribution in [-0.4, -0.2) is 41.4 Å². The van der Waals surface area contributed by atoms with E-state index < -0.39 is 0 Å². The summed E-state index contributed by atoms with van der Waals surface area (Å²) in [6.45, 7) is 8.93. The van der Waals surface area contributed by atoms with Gasteiger partial charge >= 0.3 is 6.03 Å². The Kier molecular flexibility index (Phi) is 4.09. The summed E-state index contributed by atoms with van der Waals surface area (Å²) in [6.07, 6.45) is 0.750. The summed E-state index contributed by atoms with van der Waals surface area (Å²) in [5.41, 5.74) is 1.40. The molecule has 1 aliphatic rings. The number of hydrogen-bond donors (Lipinski definition) is 1. The van der Waals surface area contributed by atoms with E-state index in [9.17, 15) is 4.79 Å². The van der Waals surface area contributed by atoms with Crippen LogP contribution in [0.1, 0.15) is 32.2 Å². The van der Waals surface area contributed by atoms with E-state index in [4.69, 9.17) is 9.26 Å². The number of hydrogen-bond acceptors (Lipinski definition) is 4. The Morgan fingerprint density at radius 2 is 2.26 bits per heavy atom. The zero-order chi connectivity index (χ0) is 14.0. The second kappa shape index (κ2) is 5.61. The van der Waals surface area contributed by atoms with E-state index in [1.54, 1.807) is 4.90 Å². The van der Waals surface area contributed by atoms with Crippen molar-refractivity contribution in [2.24, 2.45) is 0 Å². The standard InChI is InChI=1S/C13H21N3O3/c1-5-11-12(8(2)15-19-11)14-13(17)16-6-7-18-10(4)9(16)3/h9-10H,5-7H2,1-4H3,(H,14,17).